The first-order chi connectivity index (χ1) is 4.70. The summed E-state index contributed by atoms with van der Waals surface area (Å²) < 4.78 is 4.40. The fourth-order valence-electron chi connectivity index (χ4n) is 0.501. The van der Waals surface area contributed by atoms with E-state index in [1.807, 2.05) is 6.07 Å². The highest BCUT2D eigenvalue weighted by Crippen LogP contribution is 2.03. The minimum atomic E-state index is -0.248. The van der Waals surface area contributed by atoms with E-state index in [1.165, 1.54) is 7.11 Å². The molecular weight excluding hydrogens is 130 g/mol. The van der Waals surface area contributed by atoms with Gasteiger partial charge in [-0.1, -0.05) is 0 Å². The molecule has 56 valence electrons. The minimum Gasteiger partial charge on any atom is -0.469 e. The van der Waals surface area contributed by atoms with Crippen LogP contribution in [0.25, 0.3) is 0 Å². The van der Waals surface area contributed by atoms with Crippen molar-refractivity contribution in [2.24, 2.45) is 5.92 Å². The normalized spacial score (nSPS) is 11.7. The summed E-state index contributed by atoms with van der Waals surface area (Å²) in [6.45, 7) is 1.78. The van der Waals surface area contributed by atoms with E-state index in [-0.39, 0.29) is 11.9 Å². The lowest BCUT2D eigenvalue weighted by Crippen LogP contribution is -2.02. The highest BCUT2D eigenvalue weighted by atomic mass is 16.5. The Morgan fingerprint density at radius 3 is 2.80 bits per heavy atom. The number of ether oxygens (including phenoxy) is 1. The van der Waals surface area contributed by atoms with Crippen molar-refractivity contribution in [1.29, 1.82) is 5.26 Å². The summed E-state index contributed by atoms with van der Waals surface area (Å²) in [5.41, 5.74) is 0. The number of esters is 1. The standard InChI is InChI=1S/C7H11NO2/c1-6(5-8)3-4-7(9)10-2/h6H,3-4H2,1-2H3. The molecule has 0 amide bonds. The third kappa shape index (κ3) is 3.90. The molecule has 3 nitrogen and oxygen atoms in total. The second kappa shape index (κ2) is 4.80. The van der Waals surface area contributed by atoms with Crippen molar-refractivity contribution < 1.29 is 9.53 Å². The zero-order chi connectivity index (χ0) is 7.98. The molecule has 0 spiro atoms. The van der Waals surface area contributed by atoms with Gasteiger partial charge in [0.15, 0.2) is 0 Å². The number of methoxy groups -OCH3 is 1. The predicted molar refractivity (Wildman–Crippen MR) is 36.0 cm³/mol. The average Bonchev–Trinajstić information content (AvgIpc) is 1.99. The van der Waals surface area contributed by atoms with Crippen molar-refractivity contribution in [3.63, 3.8) is 0 Å². The number of carbonyl (C=O) groups excluding carboxylic acids is 1. The summed E-state index contributed by atoms with van der Waals surface area (Å²) in [4.78, 5) is 10.5. The predicted octanol–water partition coefficient (Wildman–Crippen LogP) is 1.10. The number of hydrogen-bond acceptors (Lipinski definition) is 3. The molecule has 0 aromatic heterocycles. The van der Waals surface area contributed by atoms with Crippen molar-refractivity contribution >= 4 is 5.97 Å². The zero-order valence-corrected chi connectivity index (χ0v) is 6.26. The summed E-state index contributed by atoms with van der Waals surface area (Å²) >= 11 is 0. The highest BCUT2D eigenvalue weighted by molar-refractivity contribution is 5.69. The van der Waals surface area contributed by atoms with Crippen LogP contribution in [0, 0.1) is 17.2 Å². The smallest absolute Gasteiger partial charge is 0.305 e. The van der Waals surface area contributed by atoms with Gasteiger partial charge in [-0.15, -0.1) is 0 Å². The van der Waals surface area contributed by atoms with Gasteiger partial charge in [-0.3, -0.25) is 4.79 Å². The van der Waals surface area contributed by atoms with E-state index in [0.717, 1.165) is 0 Å². The largest absolute Gasteiger partial charge is 0.469 e. The van der Waals surface area contributed by atoms with Gasteiger partial charge in [0.25, 0.3) is 0 Å². The first-order valence-corrected chi connectivity index (χ1v) is 3.17. The molecule has 1 atom stereocenters. The molecule has 0 aliphatic rings. The maximum Gasteiger partial charge on any atom is 0.305 e. The summed E-state index contributed by atoms with van der Waals surface area (Å²) in [5, 5.41) is 8.32. The second-order valence-electron chi connectivity index (χ2n) is 2.14. The maximum absolute atomic E-state index is 10.5. The number of rotatable bonds is 3. The van der Waals surface area contributed by atoms with Crippen LogP contribution < -0.4 is 0 Å². The van der Waals surface area contributed by atoms with Crippen LogP contribution in [0.4, 0.5) is 0 Å². The molecule has 0 saturated carbocycles. The second-order valence-corrected chi connectivity index (χ2v) is 2.14. The molecule has 0 saturated heterocycles. The van der Waals surface area contributed by atoms with Crippen molar-refractivity contribution in [2.45, 2.75) is 19.8 Å². The van der Waals surface area contributed by atoms with E-state index in [9.17, 15) is 4.79 Å². The lowest BCUT2D eigenvalue weighted by atomic mass is 10.1. The van der Waals surface area contributed by atoms with E-state index in [2.05, 4.69) is 4.74 Å². The Labute approximate surface area is 60.6 Å². The van der Waals surface area contributed by atoms with Crippen LogP contribution in [0.1, 0.15) is 19.8 Å². The average molecular weight is 141 g/mol. The molecule has 0 bridgehead atoms. The molecule has 0 aliphatic carbocycles. The zero-order valence-electron chi connectivity index (χ0n) is 6.26. The van der Waals surface area contributed by atoms with Gasteiger partial charge in [-0.2, -0.15) is 5.26 Å². The molecule has 1 unspecified atom stereocenters. The fraction of sp³-hybridized carbons (Fsp3) is 0.714. The summed E-state index contributed by atoms with van der Waals surface area (Å²) in [6.07, 6.45) is 0.925. The molecule has 10 heavy (non-hydrogen) atoms. The van der Waals surface area contributed by atoms with Crippen LogP contribution in [-0.4, -0.2) is 13.1 Å². The molecule has 0 aromatic carbocycles. The van der Waals surface area contributed by atoms with Gasteiger partial charge >= 0.3 is 5.97 Å². The third-order valence-corrected chi connectivity index (χ3v) is 1.23. The molecule has 0 rings (SSSR count). The highest BCUT2D eigenvalue weighted by Gasteiger charge is 2.04. The Morgan fingerprint density at radius 1 is 1.80 bits per heavy atom. The third-order valence-electron chi connectivity index (χ3n) is 1.23. The van der Waals surface area contributed by atoms with E-state index in [1.54, 1.807) is 6.92 Å². The number of hydrogen-bond donors (Lipinski definition) is 0. The van der Waals surface area contributed by atoms with E-state index in [0.29, 0.717) is 12.8 Å². The quantitative estimate of drug-likeness (QED) is 0.553. The van der Waals surface area contributed by atoms with Crippen molar-refractivity contribution in [3.8, 4) is 6.07 Å². The van der Waals surface area contributed by atoms with Crippen molar-refractivity contribution in [2.75, 3.05) is 7.11 Å². The summed E-state index contributed by atoms with van der Waals surface area (Å²) in [5.74, 6) is -0.304. The van der Waals surface area contributed by atoms with Gasteiger partial charge in [-0.05, 0) is 13.3 Å². The number of nitriles is 1. The molecule has 0 N–H and O–H groups in total. The van der Waals surface area contributed by atoms with Gasteiger partial charge in [0.2, 0.25) is 0 Å². The fourth-order valence-corrected chi connectivity index (χ4v) is 0.501. The van der Waals surface area contributed by atoms with Crippen LogP contribution in [0.3, 0.4) is 0 Å². The Balaban J connectivity index is 3.37. The Bertz CT molecular complexity index is 148. The monoisotopic (exact) mass is 141 g/mol. The molecule has 0 aliphatic heterocycles. The molecule has 0 aromatic rings. The summed E-state index contributed by atoms with van der Waals surface area (Å²) in [6, 6.07) is 2.04. The van der Waals surface area contributed by atoms with Gasteiger partial charge in [-0.25, -0.2) is 0 Å². The van der Waals surface area contributed by atoms with Crippen LogP contribution >= 0.6 is 0 Å². The Morgan fingerprint density at radius 2 is 2.40 bits per heavy atom. The van der Waals surface area contributed by atoms with Gasteiger partial charge in [0, 0.05) is 12.3 Å². The minimum absolute atomic E-state index is 0.0564. The van der Waals surface area contributed by atoms with Gasteiger partial charge in [0.05, 0.1) is 13.2 Å². The van der Waals surface area contributed by atoms with Crippen LogP contribution in [0.5, 0.6) is 0 Å². The lowest BCUT2D eigenvalue weighted by molar-refractivity contribution is -0.140. The first-order valence-electron chi connectivity index (χ1n) is 3.17. The van der Waals surface area contributed by atoms with E-state index < -0.39 is 0 Å². The van der Waals surface area contributed by atoms with E-state index >= 15 is 0 Å². The molecule has 0 heterocycles. The van der Waals surface area contributed by atoms with Crippen LogP contribution in [0.2, 0.25) is 0 Å². The molecular formula is C7H11NO2. The Hall–Kier alpha value is -1.04. The molecule has 0 fully saturated rings. The number of carbonyl (C=O) groups is 1. The maximum atomic E-state index is 10.5. The SMILES string of the molecule is COC(=O)CCC(C)C#N. The van der Waals surface area contributed by atoms with Crippen LogP contribution in [-0.2, 0) is 9.53 Å². The Kier molecular flexibility index (Phi) is 4.30. The van der Waals surface area contributed by atoms with Crippen molar-refractivity contribution in [3.05, 3.63) is 0 Å². The summed E-state index contributed by atoms with van der Waals surface area (Å²) in [7, 11) is 1.35. The van der Waals surface area contributed by atoms with Gasteiger partial charge in [0.1, 0.15) is 0 Å². The van der Waals surface area contributed by atoms with Crippen LogP contribution in [0.15, 0.2) is 0 Å². The van der Waals surface area contributed by atoms with Crippen molar-refractivity contribution in [1.82, 2.24) is 0 Å². The first kappa shape index (κ1) is 8.96. The van der Waals surface area contributed by atoms with E-state index in [4.69, 9.17) is 5.26 Å². The van der Waals surface area contributed by atoms with Gasteiger partial charge < -0.3 is 4.74 Å². The lowest BCUT2D eigenvalue weighted by Gasteiger charge is -1.99. The molecule has 3 heteroatoms. The number of nitrogens with zero attached hydrogens (tertiary/aromatic N) is 1. The molecule has 0 radical (unpaired) electrons. The topological polar surface area (TPSA) is 50.1 Å².